The van der Waals surface area contributed by atoms with E-state index in [4.69, 9.17) is 0 Å². The average molecular weight is 535 g/mol. The summed E-state index contributed by atoms with van der Waals surface area (Å²) in [6, 6.07) is 20.6. The molecule has 2 aromatic rings. The Balaban J connectivity index is 0.000000729. The summed E-state index contributed by atoms with van der Waals surface area (Å²) in [7, 11) is 2.08. The van der Waals surface area contributed by atoms with Crippen molar-refractivity contribution in [2.45, 2.75) is 48.5 Å². The van der Waals surface area contributed by atoms with E-state index in [9.17, 15) is 0 Å². The predicted octanol–water partition coefficient (Wildman–Crippen LogP) is 11.1. The van der Waals surface area contributed by atoms with E-state index in [0.29, 0.717) is 0 Å². The Morgan fingerprint density at radius 3 is 1.73 bits per heavy atom. The van der Waals surface area contributed by atoms with Crippen LogP contribution in [0.15, 0.2) is 170 Å². The Kier molecular flexibility index (Phi) is 19.3. The summed E-state index contributed by atoms with van der Waals surface area (Å²) in [5, 5.41) is 0. The molecular weight excluding hydrogens is 484 g/mol. The Morgan fingerprint density at radius 1 is 0.750 bits per heavy atom. The minimum atomic E-state index is 1.05. The second kappa shape index (κ2) is 21.6. The average Bonchev–Trinajstić information content (AvgIpc) is 2.97. The highest BCUT2D eigenvalue weighted by molar-refractivity contribution is 5.68. The first kappa shape index (κ1) is 35.7. The van der Waals surface area contributed by atoms with E-state index in [0.717, 1.165) is 28.5 Å². The van der Waals surface area contributed by atoms with Crippen LogP contribution in [0.2, 0.25) is 0 Å². The molecule has 2 aromatic carbocycles. The van der Waals surface area contributed by atoms with Gasteiger partial charge in [-0.25, -0.2) is 0 Å². The normalized spacial score (nSPS) is 14.5. The topological polar surface area (TPSA) is 6.48 Å². The summed E-state index contributed by atoms with van der Waals surface area (Å²) in [4.78, 5) is 4.41. The smallest absolute Gasteiger partial charge is 0.0696 e. The Labute approximate surface area is 245 Å². The van der Waals surface area contributed by atoms with Crippen LogP contribution in [0, 0.1) is 6.92 Å². The van der Waals surface area contributed by atoms with Crippen molar-refractivity contribution in [3.8, 4) is 0 Å². The molecule has 1 aliphatic rings. The number of likely N-dealkylation sites (N-methyl/N-ethyl adjacent to an activating group) is 1. The summed E-state index contributed by atoms with van der Waals surface area (Å²) >= 11 is 0. The largest absolute Gasteiger partial charge is 0.341 e. The standard InChI is InChI=1S/C21H24N2.C8H12.C7H8.C2H6/c1-6-13-20-19(9-4)23(17-15-11-10-12-16-17)21(14-7-2)18(8-3)22(20)5;1-4-5-6-7-8(2)3;1-7-5-3-2-4-6-7;1-2/h6-16H,2,4H2,1,3,5H3;4-7H,1H2,2-3H3;2-6H,1H3;1-2H3/b13-6-,18-8+,21-14+;6-5-;;. The molecule has 2 heteroatoms. The molecule has 0 aromatic heterocycles. The van der Waals surface area contributed by atoms with Crippen LogP contribution in [0.3, 0.4) is 0 Å². The summed E-state index contributed by atoms with van der Waals surface area (Å²) in [5.74, 6) is 0. The lowest BCUT2D eigenvalue weighted by Gasteiger charge is -2.41. The van der Waals surface area contributed by atoms with E-state index in [2.05, 4.69) is 101 Å². The summed E-state index contributed by atoms with van der Waals surface area (Å²) < 4.78 is 0. The van der Waals surface area contributed by atoms with Gasteiger partial charge in [-0.2, -0.15) is 0 Å². The maximum Gasteiger partial charge on any atom is 0.0696 e. The molecule has 0 unspecified atom stereocenters. The predicted molar refractivity (Wildman–Crippen MR) is 182 cm³/mol. The maximum atomic E-state index is 4.04. The van der Waals surface area contributed by atoms with E-state index in [-0.39, 0.29) is 0 Å². The molecule has 3 rings (SSSR count). The van der Waals surface area contributed by atoms with E-state index in [1.54, 1.807) is 6.08 Å². The second-order valence-corrected chi connectivity index (χ2v) is 8.69. The first-order valence-electron chi connectivity index (χ1n) is 13.9. The molecule has 1 heterocycles. The molecule has 0 atom stereocenters. The molecule has 0 bridgehead atoms. The highest BCUT2D eigenvalue weighted by Crippen LogP contribution is 2.38. The van der Waals surface area contributed by atoms with Crippen molar-refractivity contribution in [1.82, 2.24) is 4.90 Å². The van der Waals surface area contributed by atoms with E-state index < -0.39 is 0 Å². The molecule has 0 aliphatic carbocycles. The number of para-hydroxylation sites is 1. The van der Waals surface area contributed by atoms with Gasteiger partial charge >= 0.3 is 0 Å². The number of anilines is 1. The summed E-state index contributed by atoms with van der Waals surface area (Å²) in [5.41, 5.74) is 8.11. The van der Waals surface area contributed by atoms with Crippen LogP contribution < -0.4 is 4.90 Å². The lowest BCUT2D eigenvalue weighted by Crippen LogP contribution is -2.36. The van der Waals surface area contributed by atoms with Crippen LogP contribution in [-0.2, 0) is 0 Å². The highest BCUT2D eigenvalue weighted by atomic mass is 15.3. The van der Waals surface area contributed by atoms with Crippen molar-refractivity contribution < 1.29 is 0 Å². The van der Waals surface area contributed by atoms with Gasteiger partial charge in [0, 0.05) is 12.7 Å². The van der Waals surface area contributed by atoms with Gasteiger partial charge < -0.3 is 9.80 Å². The van der Waals surface area contributed by atoms with Crippen molar-refractivity contribution in [1.29, 1.82) is 0 Å². The van der Waals surface area contributed by atoms with Gasteiger partial charge in [0.15, 0.2) is 0 Å². The van der Waals surface area contributed by atoms with Crippen molar-refractivity contribution in [3.63, 3.8) is 0 Å². The lowest BCUT2D eigenvalue weighted by atomic mass is 10.1. The van der Waals surface area contributed by atoms with Gasteiger partial charge in [-0.15, -0.1) is 0 Å². The van der Waals surface area contributed by atoms with E-state index in [1.165, 1.54) is 11.1 Å². The van der Waals surface area contributed by atoms with Crippen molar-refractivity contribution in [2.75, 3.05) is 11.9 Å². The molecule has 212 valence electrons. The van der Waals surface area contributed by atoms with Crippen LogP contribution in [0.1, 0.15) is 47.1 Å². The third kappa shape index (κ3) is 12.0. The van der Waals surface area contributed by atoms with Crippen molar-refractivity contribution >= 4 is 5.69 Å². The first-order chi connectivity index (χ1) is 19.4. The number of allylic oxidation sites excluding steroid dienone is 11. The van der Waals surface area contributed by atoms with Gasteiger partial charge in [-0.05, 0) is 65.0 Å². The minimum Gasteiger partial charge on any atom is -0.341 e. The lowest BCUT2D eigenvalue weighted by molar-refractivity contribution is 0.518. The Hall–Kier alpha value is -4.30. The molecule has 1 aliphatic heterocycles. The fraction of sp³-hybridized carbons (Fsp3) is 0.211. The van der Waals surface area contributed by atoms with Crippen molar-refractivity contribution in [3.05, 3.63) is 175 Å². The van der Waals surface area contributed by atoms with Crippen LogP contribution in [0.4, 0.5) is 5.69 Å². The van der Waals surface area contributed by atoms with Crippen molar-refractivity contribution in [2.24, 2.45) is 0 Å². The van der Waals surface area contributed by atoms with Gasteiger partial charge in [0.2, 0.25) is 0 Å². The molecule has 0 saturated carbocycles. The van der Waals surface area contributed by atoms with Gasteiger partial charge in [-0.3, -0.25) is 0 Å². The second-order valence-electron chi connectivity index (χ2n) is 8.69. The highest BCUT2D eigenvalue weighted by Gasteiger charge is 2.29. The maximum absolute atomic E-state index is 4.04. The molecule has 0 amide bonds. The molecule has 0 fully saturated rings. The zero-order valence-corrected chi connectivity index (χ0v) is 26.1. The molecule has 0 N–H and O–H groups in total. The number of hydrogen-bond acceptors (Lipinski definition) is 2. The summed E-state index contributed by atoms with van der Waals surface area (Å²) in [6.07, 6.45) is 19.7. The number of aryl methyl sites for hydroxylation is 1. The van der Waals surface area contributed by atoms with E-state index in [1.807, 2.05) is 99.7 Å². The van der Waals surface area contributed by atoms with Gasteiger partial charge in [0.05, 0.1) is 22.8 Å². The molecule has 2 nitrogen and oxygen atoms in total. The van der Waals surface area contributed by atoms with Crippen LogP contribution >= 0.6 is 0 Å². The zero-order chi connectivity index (χ0) is 30.3. The number of rotatable bonds is 6. The fourth-order valence-corrected chi connectivity index (χ4v) is 3.71. The van der Waals surface area contributed by atoms with Crippen LogP contribution in [0.25, 0.3) is 0 Å². The molecular formula is C38H50N2. The number of hydrogen-bond donors (Lipinski definition) is 0. The van der Waals surface area contributed by atoms with Gasteiger partial charge in [0.1, 0.15) is 0 Å². The molecule has 0 radical (unpaired) electrons. The van der Waals surface area contributed by atoms with E-state index >= 15 is 0 Å². The Morgan fingerprint density at radius 2 is 1.32 bits per heavy atom. The Bertz CT molecular complexity index is 1200. The third-order valence-corrected chi connectivity index (χ3v) is 5.43. The number of nitrogens with zero attached hydrogens (tertiary/aromatic N) is 2. The quantitative estimate of drug-likeness (QED) is 0.340. The summed E-state index contributed by atoms with van der Waals surface area (Å²) in [6.45, 7) is 25.7. The molecule has 0 spiro atoms. The van der Waals surface area contributed by atoms with Crippen LogP contribution in [-0.4, -0.2) is 11.9 Å². The van der Waals surface area contributed by atoms with Gasteiger partial charge in [-0.1, -0.05) is 136 Å². The minimum absolute atomic E-state index is 1.05. The molecule has 40 heavy (non-hydrogen) atoms. The SMILES string of the molecule is C=C/C=C1\C(=C/C)N(C)C(/C=C\C)=C(C=C)N1c1ccccc1.C=C/C=C\C=C(C)C.CC.Cc1ccccc1. The van der Waals surface area contributed by atoms with Gasteiger partial charge in [0.25, 0.3) is 0 Å². The first-order valence-corrected chi connectivity index (χ1v) is 13.9. The zero-order valence-electron chi connectivity index (χ0n) is 26.1. The van der Waals surface area contributed by atoms with Crippen LogP contribution in [0.5, 0.6) is 0 Å². The third-order valence-electron chi connectivity index (χ3n) is 5.43. The molecule has 0 saturated heterocycles. The monoisotopic (exact) mass is 534 g/mol. The fourth-order valence-electron chi connectivity index (χ4n) is 3.71. The number of benzene rings is 2.